The van der Waals surface area contributed by atoms with E-state index >= 15 is 0 Å². The molecule has 0 fully saturated rings. The first-order valence-electron chi connectivity index (χ1n) is 2.70. The fourth-order valence-corrected chi connectivity index (χ4v) is 0.595. The highest BCUT2D eigenvalue weighted by Gasteiger charge is 1.95. The fourth-order valence-electron chi connectivity index (χ4n) is 0.595. The van der Waals surface area contributed by atoms with Crippen LogP contribution in [0.2, 0.25) is 0 Å². The minimum Gasteiger partial charge on any atom is -0.305 e. The van der Waals surface area contributed by atoms with Gasteiger partial charge in [0.15, 0.2) is 5.82 Å². The maximum atomic E-state index is 12.6. The molecule has 4 heteroatoms. The summed E-state index contributed by atoms with van der Waals surface area (Å²) in [5, 5.41) is 6.29. The third-order valence-corrected chi connectivity index (χ3v) is 1.02. The van der Waals surface area contributed by atoms with Gasteiger partial charge in [-0.05, 0) is 12.1 Å². The topological polar surface area (TPSA) is 50.7 Å². The summed E-state index contributed by atoms with van der Waals surface area (Å²) < 4.78 is 12.6. The van der Waals surface area contributed by atoms with Gasteiger partial charge in [-0.3, -0.25) is 0 Å². The molecule has 0 aliphatic carbocycles. The Labute approximate surface area is 57.4 Å². The van der Waals surface area contributed by atoms with Crippen molar-refractivity contribution in [2.45, 2.75) is 0 Å². The number of halogens is 1. The summed E-state index contributed by atoms with van der Waals surface area (Å²) in [5.41, 5.74) is 0.157. The Morgan fingerprint density at radius 3 is 2.60 bits per heavy atom. The van der Waals surface area contributed by atoms with Gasteiger partial charge in [-0.15, -0.1) is 5.11 Å². The lowest BCUT2D eigenvalue weighted by Crippen LogP contribution is -1.76. The van der Waals surface area contributed by atoms with E-state index in [1.54, 1.807) is 12.1 Å². The smallest absolute Gasteiger partial charge is 0.150 e. The van der Waals surface area contributed by atoms with E-state index in [2.05, 4.69) is 10.3 Å². The molecule has 1 rings (SSSR count). The third kappa shape index (κ3) is 1.28. The normalized spacial score (nSPS) is 10.5. The molecule has 0 spiro atoms. The summed E-state index contributed by atoms with van der Waals surface area (Å²) >= 11 is 0. The summed E-state index contributed by atoms with van der Waals surface area (Å²) in [6, 6.07) is 6.02. The van der Waals surface area contributed by atoms with E-state index in [4.69, 9.17) is 5.84 Å². The van der Waals surface area contributed by atoms with Gasteiger partial charge in [0.2, 0.25) is 0 Å². The molecule has 3 nitrogen and oxygen atoms in total. The van der Waals surface area contributed by atoms with E-state index in [1.165, 1.54) is 12.1 Å². The maximum absolute atomic E-state index is 12.6. The van der Waals surface area contributed by atoms with E-state index < -0.39 is 5.82 Å². The highest BCUT2D eigenvalue weighted by molar-refractivity contribution is 5.36. The van der Waals surface area contributed by atoms with Crippen LogP contribution in [0.5, 0.6) is 0 Å². The van der Waals surface area contributed by atoms with Crippen LogP contribution < -0.4 is 5.84 Å². The molecule has 1 aromatic rings. The van der Waals surface area contributed by atoms with E-state index in [0.717, 1.165) is 0 Å². The Kier molecular flexibility index (Phi) is 1.94. The Hall–Kier alpha value is -1.45. The zero-order valence-corrected chi connectivity index (χ0v) is 5.16. The van der Waals surface area contributed by atoms with Crippen LogP contribution in [0.3, 0.4) is 0 Å². The number of benzene rings is 1. The molecule has 0 aliphatic heterocycles. The molecule has 2 N–H and O–H groups in total. The van der Waals surface area contributed by atoms with Crippen LogP contribution in [0.4, 0.5) is 10.1 Å². The van der Waals surface area contributed by atoms with Crippen molar-refractivity contribution in [3.8, 4) is 0 Å². The Morgan fingerprint density at radius 1 is 1.30 bits per heavy atom. The zero-order chi connectivity index (χ0) is 7.40. The fraction of sp³-hybridized carbons (Fsp3) is 0. The summed E-state index contributed by atoms with van der Waals surface area (Å²) in [4.78, 5) is 0. The predicted molar refractivity (Wildman–Crippen MR) is 35.1 cm³/mol. The number of nitrogens with zero attached hydrogens (tertiary/aromatic N) is 2. The second-order valence-electron chi connectivity index (χ2n) is 1.67. The van der Waals surface area contributed by atoms with Gasteiger partial charge < -0.3 is 5.84 Å². The second kappa shape index (κ2) is 2.91. The lowest BCUT2D eigenvalue weighted by molar-refractivity contribution is 0.627. The first kappa shape index (κ1) is 6.67. The van der Waals surface area contributed by atoms with Crippen LogP contribution in [-0.2, 0) is 0 Å². The molecular weight excluding hydrogens is 133 g/mol. The van der Waals surface area contributed by atoms with E-state index in [9.17, 15) is 4.39 Å². The van der Waals surface area contributed by atoms with Crippen LogP contribution in [0.15, 0.2) is 34.6 Å². The van der Waals surface area contributed by atoms with Crippen LogP contribution in [0.1, 0.15) is 0 Å². The summed E-state index contributed by atoms with van der Waals surface area (Å²) in [7, 11) is 0. The molecule has 10 heavy (non-hydrogen) atoms. The van der Waals surface area contributed by atoms with E-state index in [0.29, 0.717) is 0 Å². The minimum absolute atomic E-state index is 0.157. The molecule has 0 atom stereocenters. The largest absolute Gasteiger partial charge is 0.305 e. The van der Waals surface area contributed by atoms with Crippen molar-refractivity contribution >= 4 is 5.69 Å². The van der Waals surface area contributed by atoms with Crippen molar-refractivity contribution in [2.75, 3.05) is 0 Å². The van der Waals surface area contributed by atoms with Gasteiger partial charge in [0.05, 0.1) is 0 Å². The van der Waals surface area contributed by atoms with Crippen molar-refractivity contribution in [3.05, 3.63) is 30.1 Å². The first-order valence-corrected chi connectivity index (χ1v) is 2.70. The van der Waals surface area contributed by atoms with E-state index in [-0.39, 0.29) is 5.69 Å². The van der Waals surface area contributed by atoms with Crippen molar-refractivity contribution in [1.29, 1.82) is 0 Å². The highest BCUT2D eigenvalue weighted by Crippen LogP contribution is 2.15. The molecule has 0 amide bonds. The average Bonchev–Trinajstić information content (AvgIpc) is 1.94. The standard InChI is InChI=1S/C6H6FN3/c7-5-3-1-2-4-6(5)9-10-8/h1-4H,(H2,8,9). The van der Waals surface area contributed by atoms with Crippen LogP contribution >= 0.6 is 0 Å². The molecule has 0 radical (unpaired) electrons. The molecule has 0 aromatic heterocycles. The Morgan fingerprint density at radius 2 is 2.00 bits per heavy atom. The molecule has 1 aromatic carbocycles. The van der Waals surface area contributed by atoms with Crippen LogP contribution in [0.25, 0.3) is 0 Å². The summed E-state index contributed by atoms with van der Waals surface area (Å²) in [6.45, 7) is 0. The van der Waals surface area contributed by atoms with Crippen LogP contribution in [0, 0.1) is 5.82 Å². The molecule has 52 valence electrons. The van der Waals surface area contributed by atoms with E-state index in [1.807, 2.05) is 0 Å². The minimum atomic E-state index is -0.420. The van der Waals surface area contributed by atoms with Gasteiger partial charge in [-0.1, -0.05) is 17.4 Å². The van der Waals surface area contributed by atoms with Gasteiger partial charge in [-0.2, -0.15) is 0 Å². The number of hydrogen-bond donors (Lipinski definition) is 1. The van der Waals surface area contributed by atoms with Crippen LogP contribution in [-0.4, -0.2) is 0 Å². The summed E-state index contributed by atoms with van der Waals surface area (Å²) in [6.07, 6.45) is 0. The Bertz CT molecular complexity index is 247. The SMILES string of the molecule is NN=Nc1ccccc1F. The third-order valence-electron chi connectivity index (χ3n) is 1.02. The van der Waals surface area contributed by atoms with Gasteiger partial charge in [0, 0.05) is 0 Å². The predicted octanol–water partition coefficient (Wildman–Crippen LogP) is 1.78. The second-order valence-corrected chi connectivity index (χ2v) is 1.67. The molecule has 0 saturated heterocycles. The highest BCUT2D eigenvalue weighted by atomic mass is 19.1. The lowest BCUT2D eigenvalue weighted by atomic mass is 10.3. The maximum Gasteiger partial charge on any atom is 0.150 e. The average molecular weight is 139 g/mol. The lowest BCUT2D eigenvalue weighted by Gasteiger charge is -1.90. The quantitative estimate of drug-likeness (QED) is 0.360. The van der Waals surface area contributed by atoms with Gasteiger partial charge in [-0.25, -0.2) is 4.39 Å². The van der Waals surface area contributed by atoms with Crippen molar-refractivity contribution in [3.63, 3.8) is 0 Å². The number of nitrogens with two attached hydrogens (primary N) is 1. The summed E-state index contributed by atoms with van der Waals surface area (Å²) in [5.74, 6) is 4.30. The van der Waals surface area contributed by atoms with Gasteiger partial charge in [0.1, 0.15) is 5.69 Å². The monoisotopic (exact) mass is 139 g/mol. The zero-order valence-electron chi connectivity index (χ0n) is 5.16. The first-order chi connectivity index (χ1) is 4.84. The Balaban J connectivity index is 3.03. The van der Waals surface area contributed by atoms with Crippen molar-refractivity contribution in [1.82, 2.24) is 0 Å². The van der Waals surface area contributed by atoms with Crippen molar-refractivity contribution in [2.24, 2.45) is 16.2 Å². The number of rotatable bonds is 1. The molecule has 0 aliphatic rings. The molecule has 0 saturated carbocycles. The number of hydrogen-bond acceptors (Lipinski definition) is 2. The molecule has 0 bridgehead atoms. The molecule has 0 unspecified atom stereocenters. The molecule has 0 heterocycles. The van der Waals surface area contributed by atoms with Gasteiger partial charge >= 0.3 is 0 Å². The molecular formula is C6H6FN3. The van der Waals surface area contributed by atoms with Gasteiger partial charge in [0.25, 0.3) is 0 Å². The van der Waals surface area contributed by atoms with Crippen molar-refractivity contribution < 1.29 is 4.39 Å².